The molecule has 0 aliphatic heterocycles. The Labute approximate surface area is 146 Å². The molecule has 4 nitrogen and oxygen atoms in total. The van der Waals surface area contributed by atoms with Crippen LogP contribution in [0.4, 0.5) is 5.13 Å². The fraction of sp³-hybridized carbons (Fsp3) is 0.0556. The summed E-state index contributed by atoms with van der Waals surface area (Å²) in [7, 11) is 0. The van der Waals surface area contributed by atoms with Crippen molar-refractivity contribution >= 4 is 44.5 Å². The summed E-state index contributed by atoms with van der Waals surface area (Å²) in [4.78, 5) is 13.4. The van der Waals surface area contributed by atoms with Crippen LogP contribution in [0.25, 0.3) is 20.7 Å². The maximum Gasteiger partial charge on any atom is 0.230 e. The highest BCUT2D eigenvalue weighted by Crippen LogP contribution is 2.29. The van der Waals surface area contributed by atoms with Gasteiger partial charge in [-0.2, -0.15) is 0 Å². The van der Waals surface area contributed by atoms with Crippen molar-refractivity contribution in [3.05, 3.63) is 65.5 Å². The Hall–Kier alpha value is -2.57. The topological polar surface area (TPSA) is 54.9 Å². The highest BCUT2D eigenvalue weighted by atomic mass is 32.1. The van der Waals surface area contributed by atoms with Crippen molar-refractivity contribution in [2.45, 2.75) is 6.42 Å². The number of carbonyl (C=O) groups is 1. The highest BCUT2D eigenvalue weighted by molar-refractivity contribution is 7.23. The summed E-state index contributed by atoms with van der Waals surface area (Å²) < 4.78 is 0. The first-order valence-electron chi connectivity index (χ1n) is 7.43. The second-order valence-corrected chi connectivity index (χ2v) is 7.18. The monoisotopic (exact) mass is 351 g/mol. The molecule has 0 saturated carbocycles. The van der Waals surface area contributed by atoms with Gasteiger partial charge >= 0.3 is 0 Å². The maximum atomic E-state index is 12.4. The van der Waals surface area contributed by atoms with Crippen LogP contribution in [0, 0.1) is 0 Å². The van der Waals surface area contributed by atoms with Crippen molar-refractivity contribution < 1.29 is 4.79 Å². The number of hydrogen-bond donors (Lipinski definition) is 1. The summed E-state index contributed by atoms with van der Waals surface area (Å²) >= 11 is 3.00. The van der Waals surface area contributed by atoms with Gasteiger partial charge in [-0.15, -0.1) is 21.5 Å². The number of nitrogens with one attached hydrogen (secondary N) is 1. The second-order valence-electron chi connectivity index (χ2n) is 5.25. The number of thiophene rings is 1. The molecule has 0 unspecified atom stereocenters. The first kappa shape index (κ1) is 15.0. The van der Waals surface area contributed by atoms with E-state index >= 15 is 0 Å². The second kappa shape index (κ2) is 6.51. The van der Waals surface area contributed by atoms with Gasteiger partial charge in [0.05, 0.1) is 11.3 Å². The molecule has 2 aromatic heterocycles. The van der Waals surface area contributed by atoms with Crippen LogP contribution in [0.15, 0.2) is 60.0 Å². The van der Waals surface area contributed by atoms with E-state index in [0.29, 0.717) is 11.6 Å². The third kappa shape index (κ3) is 3.06. The van der Waals surface area contributed by atoms with Gasteiger partial charge < -0.3 is 5.32 Å². The third-order valence-electron chi connectivity index (χ3n) is 3.63. The van der Waals surface area contributed by atoms with E-state index in [1.807, 2.05) is 47.8 Å². The molecule has 0 saturated heterocycles. The summed E-state index contributed by atoms with van der Waals surface area (Å²) in [5, 5.41) is 16.6. The van der Waals surface area contributed by atoms with Gasteiger partial charge in [0.1, 0.15) is 0 Å². The lowest BCUT2D eigenvalue weighted by Crippen LogP contribution is -2.14. The molecular weight excluding hydrogens is 338 g/mol. The van der Waals surface area contributed by atoms with Gasteiger partial charge in [-0.3, -0.25) is 4.79 Å². The summed E-state index contributed by atoms with van der Waals surface area (Å²) in [5.74, 6) is -0.0831. The minimum absolute atomic E-state index is 0.0831. The highest BCUT2D eigenvalue weighted by Gasteiger charge is 2.12. The molecule has 0 aliphatic rings. The molecular formula is C18H13N3OS2. The molecule has 0 radical (unpaired) electrons. The van der Waals surface area contributed by atoms with E-state index in [4.69, 9.17) is 0 Å². The summed E-state index contributed by atoms with van der Waals surface area (Å²) in [6.45, 7) is 0. The van der Waals surface area contributed by atoms with E-state index in [9.17, 15) is 4.79 Å². The van der Waals surface area contributed by atoms with E-state index in [0.717, 1.165) is 26.2 Å². The normalized spacial score (nSPS) is 10.8. The third-order valence-corrected chi connectivity index (χ3v) is 5.51. The van der Waals surface area contributed by atoms with Crippen molar-refractivity contribution in [2.24, 2.45) is 0 Å². The lowest BCUT2D eigenvalue weighted by molar-refractivity contribution is -0.115. The number of rotatable bonds is 4. The molecule has 118 valence electrons. The number of hydrogen-bond acceptors (Lipinski definition) is 5. The number of anilines is 1. The molecule has 0 aliphatic carbocycles. The van der Waals surface area contributed by atoms with Crippen LogP contribution < -0.4 is 5.32 Å². The molecule has 2 heterocycles. The van der Waals surface area contributed by atoms with Gasteiger partial charge in [0, 0.05) is 0 Å². The molecule has 2 aromatic carbocycles. The minimum Gasteiger partial charge on any atom is -0.300 e. The Kier molecular flexibility index (Phi) is 4.06. The van der Waals surface area contributed by atoms with Crippen LogP contribution in [0.1, 0.15) is 5.56 Å². The molecule has 6 heteroatoms. The first-order chi connectivity index (χ1) is 11.8. The average molecular weight is 351 g/mol. The summed E-state index contributed by atoms with van der Waals surface area (Å²) in [6, 6.07) is 18.1. The predicted molar refractivity (Wildman–Crippen MR) is 99.5 cm³/mol. The molecule has 4 aromatic rings. The summed E-state index contributed by atoms with van der Waals surface area (Å²) in [5.41, 5.74) is 1.01. The Morgan fingerprint density at radius 3 is 2.75 bits per heavy atom. The smallest absolute Gasteiger partial charge is 0.230 e. The zero-order valence-electron chi connectivity index (χ0n) is 12.6. The molecule has 0 spiro atoms. The SMILES string of the molecule is O=C(Cc1cccc2ccccc12)Nc1nnc(-c2cccs2)s1. The van der Waals surface area contributed by atoms with Crippen LogP contribution in [0.2, 0.25) is 0 Å². The summed E-state index contributed by atoms with van der Waals surface area (Å²) in [6.07, 6.45) is 0.315. The van der Waals surface area contributed by atoms with Crippen molar-refractivity contribution in [1.82, 2.24) is 10.2 Å². The van der Waals surface area contributed by atoms with E-state index in [2.05, 4.69) is 27.6 Å². The molecule has 24 heavy (non-hydrogen) atoms. The molecule has 0 atom stereocenters. The van der Waals surface area contributed by atoms with Gasteiger partial charge in [0.25, 0.3) is 0 Å². The number of aromatic nitrogens is 2. The van der Waals surface area contributed by atoms with Gasteiger partial charge in [-0.05, 0) is 27.8 Å². The zero-order chi connectivity index (χ0) is 16.4. The van der Waals surface area contributed by atoms with Crippen LogP contribution in [-0.2, 0) is 11.2 Å². The van der Waals surface area contributed by atoms with Crippen LogP contribution >= 0.6 is 22.7 Å². The Morgan fingerprint density at radius 2 is 1.88 bits per heavy atom. The molecule has 0 bridgehead atoms. The van der Waals surface area contributed by atoms with Crippen molar-refractivity contribution in [3.63, 3.8) is 0 Å². The van der Waals surface area contributed by atoms with Crippen LogP contribution in [0.5, 0.6) is 0 Å². The molecule has 1 amide bonds. The lowest BCUT2D eigenvalue weighted by atomic mass is 10.0. The Balaban J connectivity index is 1.50. The van der Waals surface area contributed by atoms with E-state index < -0.39 is 0 Å². The molecule has 4 rings (SSSR count). The number of carbonyl (C=O) groups excluding carboxylic acids is 1. The number of benzene rings is 2. The maximum absolute atomic E-state index is 12.4. The van der Waals surface area contributed by atoms with Crippen molar-refractivity contribution in [3.8, 4) is 9.88 Å². The van der Waals surface area contributed by atoms with Crippen LogP contribution in [-0.4, -0.2) is 16.1 Å². The van der Waals surface area contributed by atoms with Crippen LogP contribution in [0.3, 0.4) is 0 Å². The molecule has 0 fully saturated rings. The standard InChI is InChI=1S/C18H13N3OS2/c22-16(11-13-7-3-6-12-5-1-2-8-14(12)13)19-18-21-20-17(24-18)15-9-4-10-23-15/h1-10H,11H2,(H,19,21,22). The van der Waals surface area contributed by atoms with Crippen molar-refractivity contribution in [1.29, 1.82) is 0 Å². The lowest BCUT2D eigenvalue weighted by Gasteiger charge is -2.06. The molecule has 1 N–H and O–H groups in total. The zero-order valence-corrected chi connectivity index (χ0v) is 14.2. The Morgan fingerprint density at radius 1 is 1.00 bits per heavy atom. The van der Waals surface area contributed by atoms with E-state index in [-0.39, 0.29) is 5.91 Å². The number of amides is 1. The average Bonchev–Trinajstić information content (AvgIpc) is 3.26. The number of fused-ring (bicyclic) bond motifs is 1. The predicted octanol–water partition coefficient (Wildman–Crippen LogP) is 4.60. The van der Waals surface area contributed by atoms with Gasteiger partial charge in [0.2, 0.25) is 11.0 Å². The van der Waals surface area contributed by atoms with Gasteiger partial charge in [-0.25, -0.2) is 0 Å². The van der Waals surface area contributed by atoms with E-state index in [1.54, 1.807) is 11.3 Å². The number of nitrogens with zero attached hydrogens (tertiary/aromatic N) is 2. The van der Waals surface area contributed by atoms with Gasteiger partial charge in [-0.1, -0.05) is 59.9 Å². The van der Waals surface area contributed by atoms with Gasteiger partial charge in [0.15, 0.2) is 5.01 Å². The fourth-order valence-electron chi connectivity index (χ4n) is 2.56. The quantitative estimate of drug-likeness (QED) is 0.584. The minimum atomic E-state index is -0.0831. The van der Waals surface area contributed by atoms with E-state index in [1.165, 1.54) is 11.3 Å². The Bertz CT molecular complexity index is 987. The fourth-order valence-corrected chi connectivity index (χ4v) is 4.11. The first-order valence-corrected chi connectivity index (χ1v) is 9.13. The largest absolute Gasteiger partial charge is 0.300 e. The van der Waals surface area contributed by atoms with Crippen molar-refractivity contribution in [2.75, 3.05) is 5.32 Å².